The highest BCUT2D eigenvalue weighted by molar-refractivity contribution is 7.86. The standard InChI is InChI=1S/C13H16NS.CHF3O3S/c1-3-5-7-8-9-13-14(10-6-4-2)11-12-15-13;2-1(3,4)8(5,6)7/h2,11-12H,3,5-7,10H2,1H3;(H,5,6,7)/q+1;/p-1. The molecule has 0 aromatic carbocycles. The SMILES string of the molecule is C#CCC[n+]1ccsc1C#CCCCC.O=S(=O)([O-])C(F)(F)F. The molecule has 0 fully saturated rings. The lowest BCUT2D eigenvalue weighted by Crippen LogP contribution is -2.33. The van der Waals surface area contributed by atoms with Crippen LogP contribution in [0, 0.1) is 24.2 Å². The first-order valence-corrected chi connectivity index (χ1v) is 8.83. The lowest BCUT2D eigenvalue weighted by Gasteiger charge is -2.08. The van der Waals surface area contributed by atoms with E-state index < -0.39 is 15.6 Å². The molecule has 9 heteroatoms. The van der Waals surface area contributed by atoms with Crippen molar-refractivity contribution >= 4 is 21.5 Å². The Labute approximate surface area is 138 Å². The smallest absolute Gasteiger partial charge is 0.485 e. The molecule has 0 saturated heterocycles. The van der Waals surface area contributed by atoms with Crippen LogP contribution in [-0.4, -0.2) is 18.5 Å². The average Bonchev–Trinajstić information content (AvgIpc) is 2.87. The van der Waals surface area contributed by atoms with Gasteiger partial charge in [0.05, 0.1) is 11.8 Å². The molecule has 0 unspecified atom stereocenters. The van der Waals surface area contributed by atoms with Gasteiger partial charge >= 0.3 is 10.5 Å². The highest BCUT2D eigenvalue weighted by Crippen LogP contribution is 2.20. The zero-order valence-electron chi connectivity index (χ0n) is 12.4. The van der Waals surface area contributed by atoms with Crippen LogP contribution in [0.4, 0.5) is 13.2 Å². The van der Waals surface area contributed by atoms with Gasteiger partial charge in [-0.25, -0.2) is 8.42 Å². The minimum Gasteiger partial charge on any atom is -0.741 e. The normalized spacial score (nSPS) is 10.8. The maximum absolute atomic E-state index is 10.7. The summed E-state index contributed by atoms with van der Waals surface area (Å²) in [7, 11) is -6.09. The Bertz CT molecular complexity index is 677. The summed E-state index contributed by atoms with van der Waals surface area (Å²) in [6, 6.07) is 0. The number of halogens is 3. The highest BCUT2D eigenvalue weighted by Gasteiger charge is 2.36. The zero-order chi connectivity index (χ0) is 17.9. The van der Waals surface area contributed by atoms with E-state index in [4.69, 9.17) is 19.4 Å². The Morgan fingerprint density at radius 3 is 2.48 bits per heavy atom. The number of alkyl halides is 3. The summed E-state index contributed by atoms with van der Waals surface area (Å²) in [5.74, 6) is 9.04. The number of hydrogen-bond donors (Lipinski definition) is 0. The average molecular weight is 367 g/mol. The van der Waals surface area contributed by atoms with Crippen molar-refractivity contribution in [3.05, 3.63) is 16.6 Å². The number of aromatic nitrogens is 1. The molecule has 1 aromatic heterocycles. The molecule has 0 atom stereocenters. The van der Waals surface area contributed by atoms with Crippen molar-refractivity contribution in [3.63, 3.8) is 0 Å². The van der Waals surface area contributed by atoms with Gasteiger partial charge in [-0.1, -0.05) is 30.6 Å². The van der Waals surface area contributed by atoms with Gasteiger partial charge < -0.3 is 4.55 Å². The van der Waals surface area contributed by atoms with Crippen LogP contribution in [-0.2, 0) is 16.7 Å². The van der Waals surface area contributed by atoms with Gasteiger partial charge in [0.15, 0.2) is 22.9 Å². The first kappa shape index (κ1) is 21.4. The van der Waals surface area contributed by atoms with Crippen LogP contribution in [0.3, 0.4) is 0 Å². The van der Waals surface area contributed by atoms with Crippen molar-refractivity contribution in [1.29, 1.82) is 0 Å². The lowest BCUT2D eigenvalue weighted by atomic mass is 10.2. The van der Waals surface area contributed by atoms with Crippen molar-refractivity contribution in [1.82, 2.24) is 0 Å². The molecule has 0 N–H and O–H groups in total. The summed E-state index contributed by atoms with van der Waals surface area (Å²) in [4.78, 5) is 0. The van der Waals surface area contributed by atoms with Gasteiger partial charge in [-0.05, 0) is 6.42 Å². The van der Waals surface area contributed by atoms with Crippen LogP contribution in [0.15, 0.2) is 11.6 Å². The topological polar surface area (TPSA) is 61.1 Å². The molecule has 0 spiro atoms. The van der Waals surface area contributed by atoms with Crippen LogP contribution < -0.4 is 4.57 Å². The van der Waals surface area contributed by atoms with Gasteiger partial charge in [-0.2, -0.15) is 17.7 Å². The lowest BCUT2D eigenvalue weighted by molar-refractivity contribution is -0.693. The van der Waals surface area contributed by atoms with Crippen LogP contribution in [0.25, 0.3) is 0 Å². The number of hydrogen-bond acceptors (Lipinski definition) is 4. The Morgan fingerprint density at radius 1 is 1.39 bits per heavy atom. The zero-order valence-corrected chi connectivity index (χ0v) is 14.0. The maximum atomic E-state index is 10.7. The summed E-state index contributed by atoms with van der Waals surface area (Å²) >= 11 is 1.68. The third kappa shape index (κ3) is 9.24. The summed E-state index contributed by atoms with van der Waals surface area (Å²) < 4.78 is 61.0. The molecule has 4 nitrogen and oxygen atoms in total. The van der Waals surface area contributed by atoms with E-state index in [0.717, 1.165) is 24.4 Å². The second-order valence-corrected chi connectivity index (χ2v) is 6.43. The molecule has 1 rings (SSSR count). The number of nitrogens with zero attached hydrogens (tertiary/aromatic N) is 1. The molecule has 23 heavy (non-hydrogen) atoms. The van der Waals surface area contributed by atoms with Crippen LogP contribution in [0.1, 0.15) is 37.6 Å². The molecule has 128 valence electrons. The third-order valence-corrected chi connectivity index (χ3v) is 3.70. The summed E-state index contributed by atoms with van der Waals surface area (Å²) in [5, 5.41) is 3.17. The predicted octanol–water partition coefficient (Wildman–Crippen LogP) is 2.65. The van der Waals surface area contributed by atoms with E-state index in [1.165, 1.54) is 12.8 Å². The quantitative estimate of drug-likeness (QED) is 0.270. The number of thiazole rings is 1. The molecule has 0 saturated carbocycles. The number of rotatable bonds is 4. The molecule has 0 aliphatic rings. The second kappa shape index (κ2) is 10.3. The van der Waals surface area contributed by atoms with Gasteiger partial charge in [0.2, 0.25) is 0 Å². The first-order valence-electron chi connectivity index (χ1n) is 6.55. The van der Waals surface area contributed by atoms with Gasteiger partial charge in [0, 0.05) is 12.3 Å². The molecular weight excluding hydrogens is 351 g/mol. The predicted molar refractivity (Wildman–Crippen MR) is 80.1 cm³/mol. The highest BCUT2D eigenvalue weighted by atomic mass is 32.2. The van der Waals surface area contributed by atoms with Crippen molar-refractivity contribution in [2.24, 2.45) is 0 Å². The molecule has 0 bridgehead atoms. The molecule has 0 amide bonds. The van der Waals surface area contributed by atoms with Crippen LogP contribution in [0.2, 0.25) is 0 Å². The van der Waals surface area contributed by atoms with Crippen molar-refractivity contribution in [3.8, 4) is 24.2 Å². The molecule has 0 aliphatic carbocycles. The van der Waals surface area contributed by atoms with Gasteiger partial charge in [0.1, 0.15) is 0 Å². The van der Waals surface area contributed by atoms with Gasteiger partial charge in [-0.15, -0.1) is 12.3 Å². The summed E-state index contributed by atoms with van der Waals surface area (Å²) in [6.45, 7) is 3.05. The molecule has 0 radical (unpaired) electrons. The maximum Gasteiger partial charge on any atom is 0.485 e. The fourth-order valence-electron chi connectivity index (χ4n) is 1.17. The molecule has 1 aromatic rings. The van der Waals surface area contributed by atoms with E-state index in [0.29, 0.717) is 0 Å². The Balaban J connectivity index is 0.000000515. The van der Waals surface area contributed by atoms with Crippen molar-refractivity contribution < 1.29 is 30.7 Å². The third-order valence-electron chi connectivity index (χ3n) is 2.31. The number of unbranched alkanes of at least 4 members (excludes halogenated alkanes) is 2. The van der Waals surface area contributed by atoms with E-state index >= 15 is 0 Å². The second-order valence-electron chi connectivity index (χ2n) is 4.16. The number of aryl methyl sites for hydroxylation is 1. The Morgan fingerprint density at radius 2 is 2.00 bits per heavy atom. The molecule has 1 heterocycles. The molecular formula is C14H16F3NO3S2. The minimum atomic E-state index is -6.09. The van der Waals surface area contributed by atoms with E-state index in [1.54, 1.807) is 11.3 Å². The van der Waals surface area contributed by atoms with E-state index in [-0.39, 0.29) is 0 Å². The minimum absolute atomic E-state index is 0.769. The fraction of sp³-hybridized carbons (Fsp3) is 0.500. The van der Waals surface area contributed by atoms with Gasteiger partial charge in [0.25, 0.3) is 0 Å². The van der Waals surface area contributed by atoms with E-state index in [2.05, 4.69) is 34.6 Å². The summed E-state index contributed by atoms with van der Waals surface area (Å²) in [5.41, 5.74) is -5.65. The largest absolute Gasteiger partial charge is 0.741 e. The van der Waals surface area contributed by atoms with Crippen LogP contribution >= 0.6 is 11.3 Å². The van der Waals surface area contributed by atoms with Crippen molar-refractivity contribution in [2.45, 2.75) is 44.7 Å². The number of terminal acetylenes is 1. The summed E-state index contributed by atoms with van der Waals surface area (Å²) in [6.07, 6.45) is 11.4. The molecule has 0 aliphatic heterocycles. The van der Waals surface area contributed by atoms with E-state index in [1.807, 2.05) is 6.20 Å². The first-order chi connectivity index (χ1) is 10.6. The Hall–Kier alpha value is -1.55. The Kier molecular flexibility index (Phi) is 9.58. The fourth-order valence-corrected chi connectivity index (χ4v) is 1.92. The van der Waals surface area contributed by atoms with E-state index in [9.17, 15) is 13.2 Å². The van der Waals surface area contributed by atoms with Crippen LogP contribution in [0.5, 0.6) is 0 Å². The monoisotopic (exact) mass is 367 g/mol. The van der Waals surface area contributed by atoms with Crippen molar-refractivity contribution in [2.75, 3.05) is 0 Å². The van der Waals surface area contributed by atoms with Gasteiger partial charge in [-0.3, -0.25) is 0 Å².